The minimum absolute atomic E-state index is 0.0680. The summed E-state index contributed by atoms with van der Waals surface area (Å²) in [4.78, 5) is 26.7. The van der Waals surface area contributed by atoms with Gasteiger partial charge in [-0.3, -0.25) is 9.59 Å². The van der Waals surface area contributed by atoms with Crippen molar-refractivity contribution in [1.29, 1.82) is 0 Å². The first-order chi connectivity index (χ1) is 11.1. The second-order valence-corrected chi connectivity index (χ2v) is 7.35. The van der Waals surface area contributed by atoms with Gasteiger partial charge in [0.25, 0.3) is 0 Å². The lowest BCUT2D eigenvalue weighted by Gasteiger charge is -2.33. The average molecular weight is 323 g/mol. The van der Waals surface area contributed by atoms with Gasteiger partial charge in [-0.05, 0) is 52.1 Å². The number of nitrogens with zero attached hydrogens (tertiary/aromatic N) is 1. The molecular weight excluding hydrogens is 290 g/mol. The number of likely N-dealkylation sites (tertiary alicyclic amines) is 1. The molecule has 132 valence electrons. The van der Waals surface area contributed by atoms with Crippen molar-refractivity contribution in [3.05, 3.63) is 0 Å². The van der Waals surface area contributed by atoms with E-state index in [4.69, 9.17) is 0 Å². The van der Waals surface area contributed by atoms with Gasteiger partial charge in [0, 0.05) is 31.5 Å². The van der Waals surface area contributed by atoms with Gasteiger partial charge in [-0.2, -0.15) is 0 Å². The lowest BCUT2D eigenvalue weighted by Crippen LogP contribution is -2.45. The molecule has 1 heterocycles. The maximum atomic E-state index is 12.5. The Hall–Kier alpha value is -1.10. The molecule has 2 fully saturated rings. The van der Waals surface area contributed by atoms with Crippen LogP contribution in [0.3, 0.4) is 0 Å². The Bertz CT molecular complexity index is 392. The number of hydrogen-bond acceptors (Lipinski definition) is 3. The zero-order chi connectivity index (χ0) is 16.7. The Morgan fingerprint density at radius 2 is 1.87 bits per heavy atom. The van der Waals surface area contributed by atoms with Gasteiger partial charge in [0.15, 0.2) is 0 Å². The van der Waals surface area contributed by atoms with Crippen LogP contribution in [0, 0.1) is 11.8 Å². The molecule has 5 nitrogen and oxygen atoms in total. The van der Waals surface area contributed by atoms with E-state index in [9.17, 15) is 9.59 Å². The molecule has 2 amide bonds. The number of nitrogens with one attached hydrogen (secondary N) is 2. The normalized spacial score (nSPS) is 24.3. The van der Waals surface area contributed by atoms with Gasteiger partial charge in [-0.15, -0.1) is 0 Å². The van der Waals surface area contributed by atoms with Crippen molar-refractivity contribution in [3.8, 4) is 0 Å². The fraction of sp³-hybridized carbons (Fsp3) is 0.889. The molecule has 0 aromatic heterocycles. The Morgan fingerprint density at radius 1 is 1.13 bits per heavy atom. The van der Waals surface area contributed by atoms with Gasteiger partial charge in [0.05, 0.1) is 0 Å². The van der Waals surface area contributed by atoms with E-state index in [2.05, 4.69) is 10.6 Å². The number of carbonyl (C=O) groups is 2. The van der Waals surface area contributed by atoms with Gasteiger partial charge >= 0.3 is 0 Å². The molecule has 2 aliphatic rings. The van der Waals surface area contributed by atoms with Crippen LogP contribution in [0.5, 0.6) is 0 Å². The van der Waals surface area contributed by atoms with E-state index in [1.165, 1.54) is 12.8 Å². The Kier molecular flexibility index (Phi) is 7.34. The average Bonchev–Trinajstić information content (AvgIpc) is 2.56. The van der Waals surface area contributed by atoms with E-state index in [0.717, 1.165) is 51.7 Å². The van der Waals surface area contributed by atoms with E-state index in [0.29, 0.717) is 12.3 Å². The number of hydrogen-bond donors (Lipinski definition) is 2. The molecule has 23 heavy (non-hydrogen) atoms. The van der Waals surface area contributed by atoms with Gasteiger partial charge in [-0.1, -0.05) is 19.3 Å². The number of amides is 2. The summed E-state index contributed by atoms with van der Waals surface area (Å²) >= 11 is 0. The van der Waals surface area contributed by atoms with Crippen molar-refractivity contribution in [2.24, 2.45) is 11.8 Å². The second kappa shape index (κ2) is 9.26. The number of piperidine rings is 1. The first-order valence-corrected chi connectivity index (χ1v) is 9.33. The summed E-state index contributed by atoms with van der Waals surface area (Å²) in [5, 5.41) is 6.26. The maximum absolute atomic E-state index is 12.5. The third kappa shape index (κ3) is 5.79. The lowest BCUT2D eigenvalue weighted by molar-refractivity contribution is -0.134. The zero-order valence-corrected chi connectivity index (χ0v) is 14.8. The van der Waals surface area contributed by atoms with Crippen LogP contribution in [0.4, 0.5) is 0 Å². The first kappa shape index (κ1) is 18.2. The molecule has 5 heteroatoms. The highest BCUT2D eigenvalue weighted by Crippen LogP contribution is 2.24. The van der Waals surface area contributed by atoms with E-state index in [-0.39, 0.29) is 23.8 Å². The number of rotatable bonds is 6. The van der Waals surface area contributed by atoms with Crippen LogP contribution in [-0.2, 0) is 9.59 Å². The maximum Gasteiger partial charge on any atom is 0.224 e. The van der Waals surface area contributed by atoms with Crippen LogP contribution in [-0.4, -0.2) is 49.4 Å². The smallest absolute Gasteiger partial charge is 0.224 e. The predicted octanol–water partition coefficient (Wildman–Crippen LogP) is 1.92. The van der Waals surface area contributed by atoms with Crippen molar-refractivity contribution >= 4 is 11.8 Å². The van der Waals surface area contributed by atoms with Crippen LogP contribution in [0.1, 0.15) is 58.3 Å². The van der Waals surface area contributed by atoms with E-state index >= 15 is 0 Å². The monoisotopic (exact) mass is 323 g/mol. The summed E-state index contributed by atoms with van der Waals surface area (Å²) in [6.45, 7) is 4.64. The van der Waals surface area contributed by atoms with Crippen molar-refractivity contribution in [1.82, 2.24) is 15.5 Å². The van der Waals surface area contributed by atoms with Gasteiger partial charge < -0.3 is 15.5 Å². The zero-order valence-electron chi connectivity index (χ0n) is 14.8. The SMILES string of the molecule is CNCC1CCCN(C(=O)CC(C)NC(=O)C2CCCCC2)C1. The second-order valence-electron chi connectivity index (χ2n) is 7.35. The van der Waals surface area contributed by atoms with Crippen LogP contribution >= 0.6 is 0 Å². The highest BCUT2D eigenvalue weighted by molar-refractivity contribution is 5.81. The largest absolute Gasteiger partial charge is 0.353 e. The van der Waals surface area contributed by atoms with Crippen LogP contribution in [0.25, 0.3) is 0 Å². The Labute approximate surface area is 140 Å². The highest BCUT2D eigenvalue weighted by Gasteiger charge is 2.26. The predicted molar refractivity (Wildman–Crippen MR) is 92.0 cm³/mol. The molecule has 2 unspecified atom stereocenters. The van der Waals surface area contributed by atoms with Gasteiger partial charge in [0.2, 0.25) is 11.8 Å². The lowest BCUT2D eigenvalue weighted by atomic mass is 9.88. The molecule has 1 saturated heterocycles. The molecule has 2 rings (SSSR count). The van der Waals surface area contributed by atoms with Gasteiger partial charge in [-0.25, -0.2) is 0 Å². The molecule has 0 aromatic carbocycles. The Morgan fingerprint density at radius 3 is 2.57 bits per heavy atom. The molecule has 1 aliphatic carbocycles. The molecule has 2 N–H and O–H groups in total. The summed E-state index contributed by atoms with van der Waals surface area (Å²) in [7, 11) is 1.96. The van der Waals surface area contributed by atoms with Crippen LogP contribution < -0.4 is 10.6 Å². The topological polar surface area (TPSA) is 61.4 Å². The van der Waals surface area contributed by atoms with Crippen molar-refractivity contribution in [3.63, 3.8) is 0 Å². The van der Waals surface area contributed by atoms with Crippen LogP contribution in [0.2, 0.25) is 0 Å². The minimum Gasteiger partial charge on any atom is -0.353 e. The van der Waals surface area contributed by atoms with Crippen molar-refractivity contribution in [2.45, 2.75) is 64.3 Å². The molecule has 0 aromatic rings. The highest BCUT2D eigenvalue weighted by atomic mass is 16.2. The summed E-state index contributed by atoms with van der Waals surface area (Å²) in [5.74, 6) is 1.06. The van der Waals surface area contributed by atoms with E-state index in [1.54, 1.807) is 0 Å². The molecule has 0 radical (unpaired) electrons. The first-order valence-electron chi connectivity index (χ1n) is 9.33. The van der Waals surface area contributed by atoms with E-state index < -0.39 is 0 Å². The molecule has 0 spiro atoms. The number of carbonyl (C=O) groups excluding carboxylic acids is 2. The minimum atomic E-state index is -0.0680. The fourth-order valence-corrected chi connectivity index (χ4v) is 3.91. The fourth-order valence-electron chi connectivity index (χ4n) is 3.91. The molecule has 1 saturated carbocycles. The third-order valence-electron chi connectivity index (χ3n) is 5.21. The Balaban J connectivity index is 1.74. The summed E-state index contributed by atoms with van der Waals surface area (Å²) in [6.07, 6.45) is 8.28. The van der Waals surface area contributed by atoms with Crippen molar-refractivity contribution in [2.75, 3.05) is 26.7 Å². The molecule has 0 bridgehead atoms. The standard InChI is InChI=1S/C18H33N3O2/c1-14(20-18(23)16-8-4-3-5-9-16)11-17(22)21-10-6-7-15(13-21)12-19-2/h14-16,19H,3-13H2,1-2H3,(H,20,23). The molecule has 1 aliphatic heterocycles. The summed E-state index contributed by atoms with van der Waals surface area (Å²) in [6, 6.07) is -0.0680. The quantitative estimate of drug-likeness (QED) is 0.785. The molecule has 2 atom stereocenters. The van der Waals surface area contributed by atoms with Crippen LogP contribution in [0.15, 0.2) is 0 Å². The summed E-state index contributed by atoms with van der Waals surface area (Å²) in [5.41, 5.74) is 0. The molecular formula is C18H33N3O2. The van der Waals surface area contributed by atoms with E-state index in [1.807, 2.05) is 18.9 Å². The van der Waals surface area contributed by atoms with Crippen molar-refractivity contribution < 1.29 is 9.59 Å². The van der Waals surface area contributed by atoms with Gasteiger partial charge in [0.1, 0.15) is 0 Å². The third-order valence-corrected chi connectivity index (χ3v) is 5.21. The summed E-state index contributed by atoms with van der Waals surface area (Å²) < 4.78 is 0.